The largest absolute Gasteiger partial charge is 0.311 e. The third kappa shape index (κ3) is 3.21. The van der Waals surface area contributed by atoms with Crippen LogP contribution in [0.2, 0.25) is 0 Å². The first-order valence-corrected chi connectivity index (χ1v) is 5.83. The standard InChI is InChI=1S/C13H14N4.2ClH/c1-9-10-5-7-14-8-12(10)17-13(16-9)11-4-2-3-6-15-11;;/h2-4,6,14H,5,7-8H2,1H3;2*1H. The number of fused-ring (bicyclic) bond motifs is 1. The molecule has 19 heavy (non-hydrogen) atoms. The average molecular weight is 299 g/mol. The lowest BCUT2D eigenvalue weighted by molar-refractivity contribution is 0.620. The smallest absolute Gasteiger partial charge is 0.178 e. The molecule has 1 aliphatic rings. The lowest BCUT2D eigenvalue weighted by atomic mass is 10.0. The molecule has 0 aliphatic carbocycles. The summed E-state index contributed by atoms with van der Waals surface area (Å²) in [5.74, 6) is 0.727. The number of halogens is 2. The van der Waals surface area contributed by atoms with E-state index in [0.29, 0.717) is 0 Å². The van der Waals surface area contributed by atoms with Crippen LogP contribution in [0, 0.1) is 6.92 Å². The Morgan fingerprint density at radius 3 is 2.74 bits per heavy atom. The van der Waals surface area contributed by atoms with Crippen molar-refractivity contribution in [1.29, 1.82) is 0 Å². The molecule has 0 fully saturated rings. The zero-order chi connectivity index (χ0) is 11.7. The Bertz CT molecular complexity index is 546. The lowest BCUT2D eigenvalue weighted by Crippen LogP contribution is -2.26. The van der Waals surface area contributed by atoms with Crippen LogP contribution in [0.4, 0.5) is 0 Å². The molecule has 0 radical (unpaired) electrons. The number of hydrogen-bond acceptors (Lipinski definition) is 4. The molecule has 3 heterocycles. The van der Waals surface area contributed by atoms with Crippen LogP contribution < -0.4 is 5.32 Å². The molecule has 3 rings (SSSR count). The van der Waals surface area contributed by atoms with Crippen LogP contribution >= 0.6 is 24.8 Å². The van der Waals surface area contributed by atoms with Gasteiger partial charge in [-0.05, 0) is 37.6 Å². The molecular weight excluding hydrogens is 283 g/mol. The summed E-state index contributed by atoms with van der Waals surface area (Å²) in [5, 5.41) is 3.34. The Balaban J connectivity index is 0.000000902. The second-order valence-corrected chi connectivity index (χ2v) is 4.20. The van der Waals surface area contributed by atoms with Crippen molar-refractivity contribution in [3.05, 3.63) is 41.3 Å². The number of pyridine rings is 1. The molecule has 1 N–H and O–H groups in total. The van der Waals surface area contributed by atoms with Crippen LogP contribution in [0.3, 0.4) is 0 Å². The van der Waals surface area contributed by atoms with Crippen LogP contribution in [0.5, 0.6) is 0 Å². The fourth-order valence-electron chi connectivity index (χ4n) is 2.16. The van der Waals surface area contributed by atoms with Crippen molar-refractivity contribution in [2.75, 3.05) is 6.54 Å². The molecule has 102 valence electrons. The Kier molecular flexibility index (Phi) is 5.66. The van der Waals surface area contributed by atoms with Gasteiger partial charge in [-0.25, -0.2) is 9.97 Å². The van der Waals surface area contributed by atoms with Gasteiger partial charge in [0.2, 0.25) is 0 Å². The van der Waals surface area contributed by atoms with Gasteiger partial charge in [-0.15, -0.1) is 24.8 Å². The summed E-state index contributed by atoms with van der Waals surface area (Å²) < 4.78 is 0. The van der Waals surface area contributed by atoms with E-state index in [0.717, 1.165) is 42.4 Å². The Morgan fingerprint density at radius 1 is 1.16 bits per heavy atom. The number of nitrogens with one attached hydrogen (secondary N) is 1. The molecule has 2 aromatic rings. The van der Waals surface area contributed by atoms with Crippen molar-refractivity contribution in [2.45, 2.75) is 19.9 Å². The lowest BCUT2D eigenvalue weighted by Gasteiger charge is -2.18. The summed E-state index contributed by atoms with van der Waals surface area (Å²) in [7, 11) is 0. The molecule has 0 aromatic carbocycles. The van der Waals surface area contributed by atoms with Crippen molar-refractivity contribution >= 4 is 24.8 Å². The van der Waals surface area contributed by atoms with Gasteiger partial charge in [0.1, 0.15) is 5.69 Å². The monoisotopic (exact) mass is 298 g/mol. The first-order chi connectivity index (χ1) is 8.34. The summed E-state index contributed by atoms with van der Waals surface area (Å²) in [6.45, 7) is 3.90. The van der Waals surface area contributed by atoms with E-state index in [1.807, 2.05) is 18.2 Å². The summed E-state index contributed by atoms with van der Waals surface area (Å²) in [4.78, 5) is 13.5. The van der Waals surface area contributed by atoms with E-state index in [1.165, 1.54) is 5.56 Å². The van der Waals surface area contributed by atoms with E-state index in [1.54, 1.807) is 6.20 Å². The molecule has 0 bridgehead atoms. The fourth-order valence-corrected chi connectivity index (χ4v) is 2.16. The maximum Gasteiger partial charge on any atom is 0.178 e. The maximum atomic E-state index is 4.61. The molecule has 0 saturated carbocycles. The van der Waals surface area contributed by atoms with E-state index < -0.39 is 0 Å². The molecule has 0 amide bonds. The first kappa shape index (κ1) is 15.8. The normalized spacial score (nSPS) is 12.9. The predicted molar refractivity (Wildman–Crippen MR) is 79.9 cm³/mol. The minimum atomic E-state index is 0. The minimum absolute atomic E-state index is 0. The highest BCUT2D eigenvalue weighted by Crippen LogP contribution is 2.19. The van der Waals surface area contributed by atoms with Gasteiger partial charge in [-0.1, -0.05) is 6.07 Å². The fraction of sp³-hybridized carbons (Fsp3) is 0.308. The van der Waals surface area contributed by atoms with Gasteiger partial charge in [-0.3, -0.25) is 4.98 Å². The van der Waals surface area contributed by atoms with E-state index >= 15 is 0 Å². The number of rotatable bonds is 1. The van der Waals surface area contributed by atoms with Crippen molar-refractivity contribution in [2.24, 2.45) is 0 Å². The Morgan fingerprint density at radius 2 is 2.00 bits per heavy atom. The molecule has 0 unspecified atom stereocenters. The third-order valence-corrected chi connectivity index (χ3v) is 3.04. The number of aryl methyl sites for hydroxylation is 1. The zero-order valence-electron chi connectivity index (χ0n) is 10.6. The van der Waals surface area contributed by atoms with Gasteiger partial charge in [0.05, 0.1) is 5.69 Å². The number of nitrogens with zero attached hydrogens (tertiary/aromatic N) is 3. The molecule has 0 saturated heterocycles. The molecular formula is C13H16Cl2N4. The SMILES string of the molecule is Cc1nc(-c2ccccn2)nc2c1CCNC2.Cl.Cl. The Hall–Kier alpha value is -1.23. The van der Waals surface area contributed by atoms with Crippen molar-refractivity contribution in [3.63, 3.8) is 0 Å². The topological polar surface area (TPSA) is 50.7 Å². The summed E-state index contributed by atoms with van der Waals surface area (Å²) in [6, 6.07) is 5.80. The first-order valence-electron chi connectivity index (χ1n) is 5.83. The predicted octanol–water partition coefficient (Wildman–Crippen LogP) is 2.34. The van der Waals surface area contributed by atoms with Crippen LogP contribution in [0.15, 0.2) is 24.4 Å². The zero-order valence-corrected chi connectivity index (χ0v) is 12.2. The van der Waals surface area contributed by atoms with Gasteiger partial charge in [0.25, 0.3) is 0 Å². The van der Waals surface area contributed by atoms with Gasteiger partial charge < -0.3 is 5.32 Å². The van der Waals surface area contributed by atoms with E-state index in [9.17, 15) is 0 Å². The summed E-state index contributed by atoms with van der Waals surface area (Å²) in [6.07, 6.45) is 2.79. The van der Waals surface area contributed by atoms with E-state index in [-0.39, 0.29) is 24.8 Å². The Labute approximate surface area is 124 Å². The summed E-state index contributed by atoms with van der Waals surface area (Å²) >= 11 is 0. The number of hydrogen-bond donors (Lipinski definition) is 1. The van der Waals surface area contributed by atoms with Crippen molar-refractivity contribution in [1.82, 2.24) is 20.3 Å². The van der Waals surface area contributed by atoms with Gasteiger partial charge in [0, 0.05) is 18.4 Å². The summed E-state index contributed by atoms with van der Waals surface area (Å²) in [5.41, 5.74) is 4.33. The van der Waals surface area contributed by atoms with Crippen LogP contribution in [-0.2, 0) is 13.0 Å². The van der Waals surface area contributed by atoms with Gasteiger partial charge in [-0.2, -0.15) is 0 Å². The highest BCUT2D eigenvalue weighted by atomic mass is 35.5. The highest BCUT2D eigenvalue weighted by molar-refractivity contribution is 5.85. The molecule has 4 nitrogen and oxygen atoms in total. The van der Waals surface area contributed by atoms with Crippen LogP contribution in [0.1, 0.15) is 17.0 Å². The molecule has 0 atom stereocenters. The number of aromatic nitrogens is 3. The minimum Gasteiger partial charge on any atom is -0.311 e. The molecule has 6 heteroatoms. The second kappa shape index (κ2) is 6.80. The molecule has 1 aliphatic heterocycles. The highest BCUT2D eigenvalue weighted by Gasteiger charge is 2.15. The maximum absolute atomic E-state index is 4.61. The quantitative estimate of drug-likeness (QED) is 0.878. The average Bonchev–Trinajstić information content (AvgIpc) is 2.40. The second-order valence-electron chi connectivity index (χ2n) is 4.20. The van der Waals surface area contributed by atoms with Crippen molar-refractivity contribution in [3.8, 4) is 11.5 Å². The molecule has 0 spiro atoms. The van der Waals surface area contributed by atoms with E-state index in [2.05, 4.69) is 27.2 Å². The van der Waals surface area contributed by atoms with Crippen LogP contribution in [-0.4, -0.2) is 21.5 Å². The third-order valence-electron chi connectivity index (χ3n) is 3.04. The van der Waals surface area contributed by atoms with Gasteiger partial charge >= 0.3 is 0 Å². The van der Waals surface area contributed by atoms with Crippen LogP contribution in [0.25, 0.3) is 11.5 Å². The van der Waals surface area contributed by atoms with E-state index in [4.69, 9.17) is 0 Å². The molecule has 2 aromatic heterocycles. The van der Waals surface area contributed by atoms with Crippen molar-refractivity contribution < 1.29 is 0 Å². The van der Waals surface area contributed by atoms with Gasteiger partial charge in [0.15, 0.2) is 5.82 Å².